The van der Waals surface area contributed by atoms with Gasteiger partial charge in [0.15, 0.2) is 0 Å². The van der Waals surface area contributed by atoms with Gasteiger partial charge in [-0.15, -0.1) is 0 Å². The summed E-state index contributed by atoms with van der Waals surface area (Å²) in [5.74, 6) is -1.80. The first-order chi connectivity index (χ1) is 10.9. The van der Waals surface area contributed by atoms with Gasteiger partial charge in [0.05, 0.1) is 13.0 Å². The Labute approximate surface area is 133 Å². The van der Waals surface area contributed by atoms with E-state index in [0.29, 0.717) is 11.5 Å². The fraction of sp³-hybridized carbons (Fsp3) is 0.357. The number of aromatic nitrogens is 1. The van der Waals surface area contributed by atoms with E-state index < -0.39 is 11.8 Å². The maximum absolute atomic E-state index is 11.8. The third-order valence-electron chi connectivity index (χ3n) is 2.52. The molecule has 0 atom stereocenters. The van der Waals surface area contributed by atoms with Crippen molar-refractivity contribution < 1.29 is 19.5 Å². The van der Waals surface area contributed by atoms with Crippen LogP contribution < -0.4 is 16.1 Å². The number of hydrogen-bond acceptors (Lipinski definition) is 6. The van der Waals surface area contributed by atoms with E-state index in [1.54, 1.807) is 25.1 Å². The SMILES string of the molecule is C/C(CC(=O)Nc1cccc(C)n1)=N\NC(=O)C(=O)NCCO. The van der Waals surface area contributed by atoms with Gasteiger partial charge < -0.3 is 15.7 Å². The Morgan fingerprint density at radius 3 is 2.65 bits per heavy atom. The minimum Gasteiger partial charge on any atom is -0.395 e. The predicted molar refractivity (Wildman–Crippen MR) is 83.6 cm³/mol. The van der Waals surface area contributed by atoms with Crippen molar-refractivity contribution in [3.8, 4) is 0 Å². The van der Waals surface area contributed by atoms with Gasteiger partial charge in [-0.1, -0.05) is 6.07 Å². The van der Waals surface area contributed by atoms with Crippen LogP contribution in [-0.2, 0) is 14.4 Å². The zero-order valence-corrected chi connectivity index (χ0v) is 12.9. The van der Waals surface area contributed by atoms with Gasteiger partial charge in [-0.3, -0.25) is 14.4 Å². The molecule has 0 saturated heterocycles. The second kappa shape index (κ2) is 9.26. The highest BCUT2D eigenvalue weighted by atomic mass is 16.3. The predicted octanol–water partition coefficient (Wildman–Crippen LogP) is -0.681. The summed E-state index contributed by atoms with van der Waals surface area (Å²) in [6, 6.07) is 5.23. The van der Waals surface area contributed by atoms with Crippen molar-refractivity contribution in [2.75, 3.05) is 18.5 Å². The number of nitrogens with zero attached hydrogens (tertiary/aromatic N) is 2. The third-order valence-corrected chi connectivity index (χ3v) is 2.52. The van der Waals surface area contributed by atoms with Gasteiger partial charge in [0.2, 0.25) is 5.91 Å². The molecular weight excluding hydrogens is 302 g/mol. The number of aliphatic hydroxyl groups excluding tert-OH is 1. The van der Waals surface area contributed by atoms with Crippen LogP contribution in [0.5, 0.6) is 0 Å². The fourth-order valence-electron chi connectivity index (χ4n) is 1.52. The molecule has 0 fully saturated rings. The molecule has 1 aromatic rings. The van der Waals surface area contributed by atoms with Crippen molar-refractivity contribution >= 4 is 29.3 Å². The molecule has 1 aromatic heterocycles. The zero-order chi connectivity index (χ0) is 17.2. The van der Waals surface area contributed by atoms with Gasteiger partial charge in [-0.2, -0.15) is 5.10 Å². The van der Waals surface area contributed by atoms with Crippen molar-refractivity contribution in [2.45, 2.75) is 20.3 Å². The van der Waals surface area contributed by atoms with Gasteiger partial charge in [0.25, 0.3) is 0 Å². The van der Waals surface area contributed by atoms with Gasteiger partial charge in [0, 0.05) is 18.0 Å². The Morgan fingerprint density at radius 1 is 1.26 bits per heavy atom. The van der Waals surface area contributed by atoms with E-state index in [-0.39, 0.29) is 25.5 Å². The molecule has 9 heteroatoms. The number of amides is 3. The molecule has 0 aliphatic rings. The van der Waals surface area contributed by atoms with Crippen LogP contribution in [0.3, 0.4) is 0 Å². The van der Waals surface area contributed by atoms with E-state index >= 15 is 0 Å². The lowest BCUT2D eigenvalue weighted by atomic mass is 10.3. The Balaban J connectivity index is 2.45. The fourth-order valence-corrected chi connectivity index (χ4v) is 1.52. The van der Waals surface area contributed by atoms with E-state index in [2.05, 4.69) is 20.7 Å². The maximum Gasteiger partial charge on any atom is 0.329 e. The lowest BCUT2D eigenvalue weighted by Crippen LogP contribution is -2.39. The summed E-state index contributed by atoms with van der Waals surface area (Å²) in [7, 11) is 0. The van der Waals surface area contributed by atoms with Crippen molar-refractivity contribution in [3.05, 3.63) is 23.9 Å². The van der Waals surface area contributed by atoms with Crippen LogP contribution in [0.4, 0.5) is 5.82 Å². The number of nitrogens with one attached hydrogen (secondary N) is 3. The Hall–Kier alpha value is -2.81. The van der Waals surface area contributed by atoms with Crippen LogP contribution in [0, 0.1) is 6.92 Å². The Morgan fingerprint density at radius 2 is 2.00 bits per heavy atom. The minimum absolute atomic E-state index is 0.0269. The number of aryl methyl sites for hydroxylation is 1. The first kappa shape index (κ1) is 18.2. The second-order valence-electron chi connectivity index (χ2n) is 4.66. The Kier molecular flexibility index (Phi) is 7.34. The summed E-state index contributed by atoms with van der Waals surface area (Å²) in [5, 5.41) is 17.0. The number of pyridine rings is 1. The number of hydrazone groups is 1. The summed E-state index contributed by atoms with van der Waals surface area (Å²) in [6.07, 6.45) is -0.0613. The summed E-state index contributed by atoms with van der Waals surface area (Å²) < 4.78 is 0. The normalized spacial score (nSPS) is 10.8. The lowest BCUT2D eigenvalue weighted by molar-refractivity contribution is -0.139. The van der Waals surface area contributed by atoms with E-state index in [1.165, 1.54) is 6.92 Å². The van der Waals surface area contributed by atoms with Crippen LogP contribution >= 0.6 is 0 Å². The Bertz CT molecular complexity index is 615. The molecule has 0 aliphatic carbocycles. The highest BCUT2D eigenvalue weighted by molar-refractivity contribution is 6.35. The summed E-state index contributed by atoms with van der Waals surface area (Å²) in [4.78, 5) is 38.5. The molecule has 4 N–H and O–H groups in total. The first-order valence-corrected chi connectivity index (χ1v) is 6.88. The first-order valence-electron chi connectivity index (χ1n) is 6.88. The van der Waals surface area contributed by atoms with Crippen LogP contribution in [-0.4, -0.2) is 46.7 Å². The van der Waals surface area contributed by atoms with E-state index in [1.807, 2.05) is 5.43 Å². The van der Waals surface area contributed by atoms with Crippen LogP contribution in [0.2, 0.25) is 0 Å². The molecule has 23 heavy (non-hydrogen) atoms. The monoisotopic (exact) mass is 321 g/mol. The van der Waals surface area contributed by atoms with Crippen LogP contribution in [0.25, 0.3) is 0 Å². The van der Waals surface area contributed by atoms with E-state index in [4.69, 9.17) is 5.11 Å². The van der Waals surface area contributed by atoms with Crippen molar-refractivity contribution in [1.82, 2.24) is 15.7 Å². The summed E-state index contributed by atoms with van der Waals surface area (Å²) in [5.41, 5.74) is 3.12. The lowest BCUT2D eigenvalue weighted by Gasteiger charge is -2.05. The van der Waals surface area contributed by atoms with Gasteiger partial charge in [-0.25, -0.2) is 10.4 Å². The molecular formula is C14H19N5O4. The number of rotatable bonds is 6. The second-order valence-corrected chi connectivity index (χ2v) is 4.66. The molecule has 0 saturated carbocycles. The molecule has 3 amide bonds. The third kappa shape index (κ3) is 7.14. The standard InChI is InChI=1S/C14H19N5O4/c1-9-4-3-5-11(16-9)17-12(21)8-10(2)18-19-14(23)13(22)15-6-7-20/h3-5,20H,6-8H2,1-2H3,(H,15,22)(H,19,23)(H,16,17,21)/b18-10+. The largest absolute Gasteiger partial charge is 0.395 e. The summed E-state index contributed by atoms with van der Waals surface area (Å²) in [6.45, 7) is 3.05. The molecule has 0 aliphatic heterocycles. The zero-order valence-electron chi connectivity index (χ0n) is 12.9. The molecule has 0 spiro atoms. The number of aliphatic hydroxyl groups is 1. The molecule has 0 radical (unpaired) electrons. The van der Waals surface area contributed by atoms with Crippen LogP contribution in [0.15, 0.2) is 23.3 Å². The average Bonchev–Trinajstić information content (AvgIpc) is 2.50. The molecule has 1 rings (SSSR count). The van der Waals surface area contributed by atoms with Crippen molar-refractivity contribution in [1.29, 1.82) is 0 Å². The topological polar surface area (TPSA) is 133 Å². The van der Waals surface area contributed by atoms with Gasteiger partial charge in [-0.05, 0) is 26.0 Å². The molecule has 1 heterocycles. The molecule has 0 unspecified atom stereocenters. The minimum atomic E-state index is -0.974. The van der Waals surface area contributed by atoms with Gasteiger partial charge >= 0.3 is 11.8 Å². The molecule has 0 aromatic carbocycles. The molecule has 0 bridgehead atoms. The van der Waals surface area contributed by atoms with Crippen molar-refractivity contribution in [2.24, 2.45) is 5.10 Å². The number of carbonyl (C=O) groups is 3. The average molecular weight is 321 g/mol. The van der Waals surface area contributed by atoms with Crippen molar-refractivity contribution in [3.63, 3.8) is 0 Å². The number of carbonyl (C=O) groups excluding carboxylic acids is 3. The van der Waals surface area contributed by atoms with E-state index in [0.717, 1.165) is 5.69 Å². The smallest absolute Gasteiger partial charge is 0.329 e. The summed E-state index contributed by atoms with van der Waals surface area (Å²) >= 11 is 0. The molecule has 9 nitrogen and oxygen atoms in total. The molecule has 124 valence electrons. The highest BCUT2D eigenvalue weighted by Gasteiger charge is 2.12. The van der Waals surface area contributed by atoms with Gasteiger partial charge in [0.1, 0.15) is 5.82 Å². The highest BCUT2D eigenvalue weighted by Crippen LogP contribution is 2.04. The quantitative estimate of drug-likeness (QED) is 0.313. The van der Waals surface area contributed by atoms with E-state index in [9.17, 15) is 14.4 Å². The maximum atomic E-state index is 11.8. The number of anilines is 1. The van der Waals surface area contributed by atoms with Crippen LogP contribution in [0.1, 0.15) is 19.0 Å². The number of hydrogen-bond donors (Lipinski definition) is 4.